The highest BCUT2D eigenvalue weighted by molar-refractivity contribution is 7.80. The van der Waals surface area contributed by atoms with Crippen LogP contribution in [0.4, 0.5) is 11.4 Å². The van der Waals surface area contributed by atoms with Crippen LogP contribution in [0.15, 0.2) is 42.5 Å². The van der Waals surface area contributed by atoms with Crippen molar-refractivity contribution in [2.24, 2.45) is 0 Å². The molecule has 2 nitrogen and oxygen atoms in total. The van der Waals surface area contributed by atoms with Gasteiger partial charge in [0.05, 0.1) is 0 Å². The summed E-state index contributed by atoms with van der Waals surface area (Å²) in [6.45, 7) is 4.88. The summed E-state index contributed by atoms with van der Waals surface area (Å²) in [6, 6.07) is 13.5. The first kappa shape index (κ1) is 16.1. The van der Waals surface area contributed by atoms with Crippen LogP contribution in [0.2, 0.25) is 10.0 Å². The number of benzene rings is 2. The van der Waals surface area contributed by atoms with Crippen LogP contribution in [0.5, 0.6) is 0 Å². The van der Waals surface area contributed by atoms with E-state index in [-0.39, 0.29) is 0 Å². The van der Waals surface area contributed by atoms with Gasteiger partial charge in [-0.2, -0.15) is 0 Å². The average molecular weight is 339 g/mol. The third kappa shape index (κ3) is 4.34. The van der Waals surface area contributed by atoms with Crippen LogP contribution in [-0.4, -0.2) is 11.7 Å². The topological polar surface area (TPSA) is 15.3 Å². The van der Waals surface area contributed by atoms with Gasteiger partial charge >= 0.3 is 0 Å². The quantitative estimate of drug-likeness (QED) is 0.741. The van der Waals surface area contributed by atoms with Crippen molar-refractivity contribution in [3.8, 4) is 0 Å². The zero-order chi connectivity index (χ0) is 15.4. The fourth-order valence-corrected chi connectivity index (χ4v) is 2.93. The van der Waals surface area contributed by atoms with Gasteiger partial charge in [0.2, 0.25) is 0 Å². The third-order valence-corrected chi connectivity index (χ3v) is 3.75. The molecule has 0 aromatic heterocycles. The van der Waals surface area contributed by atoms with Gasteiger partial charge in [0.25, 0.3) is 0 Å². The van der Waals surface area contributed by atoms with Crippen molar-refractivity contribution in [2.75, 3.05) is 16.8 Å². The summed E-state index contributed by atoms with van der Waals surface area (Å²) in [5.74, 6) is 0. The number of hydrogen-bond acceptors (Lipinski definition) is 1. The van der Waals surface area contributed by atoms with Crippen LogP contribution < -0.4 is 10.2 Å². The van der Waals surface area contributed by atoms with Gasteiger partial charge in [-0.3, -0.25) is 0 Å². The van der Waals surface area contributed by atoms with Gasteiger partial charge in [-0.25, -0.2) is 0 Å². The molecule has 0 bridgehead atoms. The number of anilines is 2. The van der Waals surface area contributed by atoms with E-state index in [4.69, 9.17) is 35.4 Å². The Morgan fingerprint density at radius 2 is 1.81 bits per heavy atom. The van der Waals surface area contributed by atoms with Crippen molar-refractivity contribution in [2.45, 2.75) is 13.8 Å². The molecule has 2 aromatic rings. The van der Waals surface area contributed by atoms with Gasteiger partial charge in [0.15, 0.2) is 5.11 Å². The number of hydrogen-bond donors (Lipinski definition) is 1. The molecule has 0 fully saturated rings. The molecule has 0 heterocycles. The molecule has 0 spiro atoms. The van der Waals surface area contributed by atoms with E-state index in [1.165, 1.54) is 5.56 Å². The van der Waals surface area contributed by atoms with Gasteiger partial charge in [-0.15, -0.1) is 0 Å². The molecular formula is C16H16Cl2N2S. The lowest BCUT2D eigenvalue weighted by molar-refractivity contribution is 1.06. The van der Waals surface area contributed by atoms with Crippen molar-refractivity contribution >= 4 is 51.9 Å². The van der Waals surface area contributed by atoms with E-state index in [1.54, 1.807) is 18.2 Å². The Hall–Kier alpha value is -1.29. The summed E-state index contributed by atoms with van der Waals surface area (Å²) in [5, 5.41) is 4.94. The van der Waals surface area contributed by atoms with Crippen LogP contribution in [0.3, 0.4) is 0 Å². The van der Waals surface area contributed by atoms with Crippen LogP contribution in [-0.2, 0) is 0 Å². The second-order valence-corrected chi connectivity index (χ2v) is 5.93. The summed E-state index contributed by atoms with van der Waals surface area (Å²) in [6.07, 6.45) is 0. The largest absolute Gasteiger partial charge is 0.332 e. The summed E-state index contributed by atoms with van der Waals surface area (Å²) in [5.41, 5.74) is 3.03. The highest BCUT2D eigenvalue weighted by Crippen LogP contribution is 2.23. The molecule has 0 aliphatic heterocycles. The first-order chi connectivity index (χ1) is 9.99. The van der Waals surface area contributed by atoms with Crippen LogP contribution in [0, 0.1) is 6.92 Å². The van der Waals surface area contributed by atoms with Gasteiger partial charge < -0.3 is 10.2 Å². The zero-order valence-corrected chi connectivity index (χ0v) is 14.2. The van der Waals surface area contributed by atoms with Gasteiger partial charge in [-0.1, -0.05) is 35.3 Å². The van der Waals surface area contributed by atoms with Gasteiger partial charge in [0.1, 0.15) is 0 Å². The lowest BCUT2D eigenvalue weighted by atomic mass is 10.2. The minimum absolute atomic E-state index is 0.575. The minimum atomic E-state index is 0.575. The predicted molar refractivity (Wildman–Crippen MR) is 96.9 cm³/mol. The third-order valence-electron chi connectivity index (χ3n) is 2.99. The molecule has 0 saturated heterocycles. The molecule has 1 N–H and O–H groups in total. The second-order valence-electron chi connectivity index (χ2n) is 4.67. The zero-order valence-electron chi connectivity index (χ0n) is 11.9. The van der Waals surface area contributed by atoms with Crippen LogP contribution in [0.25, 0.3) is 0 Å². The monoisotopic (exact) mass is 338 g/mol. The standard InChI is InChI=1S/C16H16Cl2N2S/c1-3-20(15-6-4-5-11(2)7-15)16(21)19-14-9-12(17)8-13(18)10-14/h4-10H,3H2,1-2H3,(H,19,21). The molecule has 0 radical (unpaired) electrons. The van der Waals surface area contributed by atoms with Crippen LogP contribution >= 0.6 is 35.4 Å². The maximum atomic E-state index is 6.00. The Bertz CT molecular complexity index is 638. The maximum absolute atomic E-state index is 6.00. The Balaban J connectivity index is 2.21. The normalized spacial score (nSPS) is 10.3. The van der Waals surface area contributed by atoms with E-state index in [9.17, 15) is 0 Å². The molecule has 0 unspecified atom stereocenters. The lowest BCUT2D eigenvalue weighted by Crippen LogP contribution is -2.34. The SMILES string of the molecule is CCN(C(=S)Nc1cc(Cl)cc(Cl)c1)c1cccc(C)c1. The van der Waals surface area contributed by atoms with Gasteiger partial charge in [-0.05, 0) is 62.0 Å². The molecule has 2 aromatic carbocycles. The Labute approximate surface area is 140 Å². The van der Waals surface area contributed by atoms with Crippen molar-refractivity contribution < 1.29 is 0 Å². The summed E-state index contributed by atoms with van der Waals surface area (Å²) >= 11 is 17.5. The molecule has 110 valence electrons. The van der Waals surface area contributed by atoms with E-state index in [2.05, 4.69) is 31.3 Å². The second kappa shape index (κ2) is 7.12. The van der Waals surface area contributed by atoms with Crippen LogP contribution in [0.1, 0.15) is 12.5 Å². The van der Waals surface area contributed by atoms with E-state index in [0.717, 1.165) is 17.9 Å². The highest BCUT2D eigenvalue weighted by Gasteiger charge is 2.11. The van der Waals surface area contributed by atoms with Crippen molar-refractivity contribution in [3.63, 3.8) is 0 Å². The summed E-state index contributed by atoms with van der Waals surface area (Å²) in [4.78, 5) is 2.02. The number of aryl methyl sites for hydroxylation is 1. The average Bonchev–Trinajstić information content (AvgIpc) is 2.38. The van der Waals surface area contributed by atoms with E-state index < -0.39 is 0 Å². The fraction of sp³-hybridized carbons (Fsp3) is 0.188. The lowest BCUT2D eigenvalue weighted by Gasteiger charge is -2.25. The van der Waals surface area contributed by atoms with E-state index in [1.807, 2.05) is 17.0 Å². The number of nitrogens with one attached hydrogen (secondary N) is 1. The maximum Gasteiger partial charge on any atom is 0.177 e. The molecule has 0 amide bonds. The van der Waals surface area contributed by atoms with Crippen molar-refractivity contribution in [3.05, 3.63) is 58.1 Å². The smallest absolute Gasteiger partial charge is 0.177 e. The number of rotatable bonds is 3. The Morgan fingerprint density at radius 1 is 1.14 bits per heavy atom. The Kier molecular flexibility index (Phi) is 5.45. The van der Waals surface area contributed by atoms with Crippen molar-refractivity contribution in [1.29, 1.82) is 0 Å². The molecule has 0 atom stereocenters. The summed E-state index contributed by atoms with van der Waals surface area (Å²) in [7, 11) is 0. The Morgan fingerprint density at radius 3 is 2.38 bits per heavy atom. The van der Waals surface area contributed by atoms with Gasteiger partial charge in [0, 0.05) is 28.0 Å². The number of thiocarbonyl (C=S) groups is 1. The minimum Gasteiger partial charge on any atom is -0.332 e. The number of nitrogens with zero attached hydrogens (tertiary/aromatic N) is 1. The molecule has 2 rings (SSSR count). The molecule has 0 aliphatic rings. The van der Waals surface area contributed by atoms with E-state index in [0.29, 0.717) is 15.2 Å². The highest BCUT2D eigenvalue weighted by atomic mass is 35.5. The molecule has 5 heteroatoms. The molecule has 0 aliphatic carbocycles. The number of halogens is 2. The first-order valence-electron chi connectivity index (χ1n) is 6.61. The molecular weight excluding hydrogens is 323 g/mol. The summed E-state index contributed by atoms with van der Waals surface area (Å²) < 4.78 is 0. The predicted octanol–water partition coefficient (Wildman–Crippen LogP) is 5.53. The first-order valence-corrected chi connectivity index (χ1v) is 7.77. The molecule has 21 heavy (non-hydrogen) atoms. The fourth-order valence-electron chi connectivity index (χ4n) is 2.06. The van der Waals surface area contributed by atoms with Crippen molar-refractivity contribution in [1.82, 2.24) is 0 Å². The van der Waals surface area contributed by atoms with E-state index >= 15 is 0 Å². The molecule has 0 saturated carbocycles.